The van der Waals surface area contributed by atoms with Gasteiger partial charge in [0.2, 0.25) is 0 Å². The number of hydrogen-bond acceptors (Lipinski definition) is 4. The average Bonchev–Trinajstić information content (AvgIpc) is 3.15. The number of carbonyl (C=O) groups is 2. The molecule has 2 aliphatic rings. The highest BCUT2D eigenvalue weighted by molar-refractivity contribution is 6.20. The molecular formula is C24H32O4. The molecule has 1 aromatic carbocycles. The molecule has 0 spiro atoms. The molecule has 3 rings (SSSR count). The van der Waals surface area contributed by atoms with Crippen LogP contribution in [-0.2, 0) is 19.1 Å². The van der Waals surface area contributed by atoms with Crippen molar-refractivity contribution in [1.82, 2.24) is 0 Å². The van der Waals surface area contributed by atoms with E-state index in [0.717, 1.165) is 47.9 Å². The minimum atomic E-state index is -0.450. The van der Waals surface area contributed by atoms with E-state index in [0.29, 0.717) is 17.8 Å². The predicted molar refractivity (Wildman–Crippen MR) is 110 cm³/mol. The summed E-state index contributed by atoms with van der Waals surface area (Å²) in [6.45, 7) is 12.0. The SMILES string of the molecule is Cc1cc(C)c(C2=C(OC(=O)CC(C)(C)C)C(C3CCCC3)OC2=O)c(C)c1. The molecule has 0 amide bonds. The number of hydrogen-bond donors (Lipinski definition) is 0. The Morgan fingerprint density at radius 2 is 1.68 bits per heavy atom. The molecule has 1 fully saturated rings. The summed E-state index contributed by atoms with van der Waals surface area (Å²) in [5, 5.41) is 0. The second-order valence-corrected chi connectivity index (χ2v) is 9.59. The van der Waals surface area contributed by atoms with E-state index in [9.17, 15) is 9.59 Å². The van der Waals surface area contributed by atoms with E-state index in [1.165, 1.54) is 0 Å². The van der Waals surface area contributed by atoms with Crippen LogP contribution in [0.4, 0.5) is 0 Å². The fourth-order valence-corrected chi connectivity index (χ4v) is 4.54. The Balaban J connectivity index is 2.07. The monoisotopic (exact) mass is 384 g/mol. The number of cyclic esters (lactones) is 1. The molecule has 152 valence electrons. The van der Waals surface area contributed by atoms with Crippen molar-refractivity contribution in [1.29, 1.82) is 0 Å². The van der Waals surface area contributed by atoms with Crippen molar-refractivity contribution in [2.75, 3.05) is 0 Å². The van der Waals surface area contributed by atoms with Gasteiger partial charge in [0.25, 0.3) is 0 Å². The van der Waals surface area contributed by atoms with Gasteiger partial charge in [0, 0.05) is 5.92 Å². The summed E-state index contributed by atoms with van der Waals surface area (Å²) in [6.07, 6.45) is 4.09. The van der Waals surface area contributed by atoms with Crippen LogP contribution in [0.25, 0.3) is 5.57 Å². The van der Waals surface area contributed by atoms with Crippen LogP contribution in [0.5, 0.6) is 0 Å². The van der Waals surface area contributed by atoms with Crippen LogP contribution in [0.15, 0.2) is 17.9 Å². The molecule has 1 atom stereocenters. The first-order valence-corrected chi connectivity index (χ1v) is 10.3. The molecule has 0 bridgehead atoms. The van der Waals surface area contributed by atoms with Gasteiger partial charge in [0.15, 0.2) is 11.9 Å². The molecule has 0 radical (unpaired) electrons. The van der Waals surface area contributed by atoms with E-state index in [4.69, 9.17) is 9.47 Å². The molecule has 4 nitrogen and oxygen atoms in total. The number of carbonyl (C=O) groups excluding carboxylic acids is 2. The summed E-state index contributed by atoms with van der Waals surface area (Å²) in [4.78, 5) is 25.6. The Bertz CT molecular complexity index is 796. The molecule has 4 heteroatoms. The molecule has 1 aromatic rings. The van der Waals surface area contributed by atoms with Crippen LogP contribution in [0.2, 0.25) is 0 Å². The fourth-order valence-electron chi connectivity index (χ4n) is 4.54. The van der Waals surface area contributed by atoms with Gasteiger partial charge in [-0.3, -0.25) is 4.79 Å². The van der Waals surface area contributed by atoms with Gasteiger partial charge >= 0.3 is 11.9 Å². The lowest BCUT2D eigenvalue weighted by molar-refractivity contribution is -0.147. The van der Waals surface area contributed by atoms with Gasteiger partial charge in [-0.2, -0.15) is 0 Å². The molecule has 1 saturated carbocycles. The van der Waals surface area contributed by atoms with Crippen LogP contribution in [0.1, 0.15) is 75.1 Å². The highest BCUT2D eigenvalue weighted by Crippen LogP contribution is 2.42. The number of ether oxygens (including phenoxy) is 2. The molecule has 28 heavy (non-hydrogen) atoms. The normalized spacial score (nSPS) is 20.6. The summed E-state index contributed by atoms with van der Waals surface area (Å²) in [6, 6.07) is 4.11. The van der Waals surface area contributed by atoms with Gasteiger partial charge in [0.1, 0.15) is 5.57 Å². The van der Waals surface area contributed by atoms with Gasteiger partial charge in [-0.25, -0.2) is 4.79 Å². The zero-order valence-corrected chi connectivity index (χ0v) is 18.0. The van der Waals surface area contributed by atoms with E-state index in [2.05, 4.69) is 12.1 Å². The van der Waals surface area contributed by atoms with E-state index in [1.807, 2.05) is 41.5 Å². The average molecular weight is 385 g/mol. The Morgan fingerprint density at radius 3 is 2.21 bits per heavy atom. The van der Waals surface area contributed by atoms with Gasteiger partial charge < -0.3 is 9.47 Å². The summed E-state index contributed by atoms with van der Waals surface area (Å²) < 4.78 is 11.7. The van der Waals surface area contributed by atoms with Crippen molar-refractivity contribution in [3.05, 3.63) is 40.1 Å². The van der Waals surface area contributed by atoms with Crippen molar-refractivity contribution in [3.63, 3.8) is 0 Å². The van der Waals surface area contributed by atoms with E-state index >= 15 is 0 Å². The van der Waals surface area contributed by atoms with E-state index in [1.54, 1.807) is 0 Å². The van der Waals surface area contributed by atoms with Crippen molar-refractivity contribution >= 4 is 17.5 Å². The maximum Gasteiger partial charge on any atom is 0.343 e. The van der Waals surface area contributed by atoms with Crippen LogP contribution in [-0.4, -0.2) is 18.0 Å². The van der Waals surface area contributed by atoms with E-state index < -0.39 is 6.10 Å². The zero-order chi connectivity index (χ0) is 20.6. The van der Waals surface area contributed by atoms with Gasteiger partial charge in [-0.15, -0.1) is 0 Å². The van der Waals surface area contributed by atoms with Crippen LogP contribution in [0, 0.1) is 32.1 Å². The van der Waals surface area contributed by atoms with Crippen molar-refractivity contribution in [3.8, 4) is 0 Å². The standard InChI is InChI=1S/C24H32O4/c1-14-11-15(2)19(16(3)12-14)20-22(27-18(25)13-24(4,5)6)21(28-23(20)26)17-9-7-8-10-17/h11-12,17,21H,7-10,13H2,1-6H3. The highest BCUT2D eigenvalue weighted by Gasteiger charge is 2.44. The first-order chi connectivity index (χ1) is 13.1. The number of aryl methyl sites for hydroxylation is 3. The summed E-state index contributed by atoms with van der Waals surface area (Å²) in [5.74, 6) is -0.0135. The smallest absolute Gasteiger partial charge is 0.343 e. The first-order valence-electron chi connectivity index (χ1n) is 10.3. The summed E-state index contributed by atoms with van der Waals surface area (Å²) in [7, 11) is 0. The quantitative estimate of drug-likeness (QED) is 0.651. The Labute approximate surface area is 168 Å². The number of benzene rings is 1. The maximum absolute atomic E-state index is 12.9. The third kappa shape index (κ3) is 4.31. The molecule has 1 aliphatic heterocycles. The van der Waals surface area contributed by atoms with Crippen LogP contribution in [0.3, 0.4) is 0 Å². The van der Waals surface area contributed by atoms with Crippen molar-refractivity contribution < 1.29 is 19.1 Å². The van der Waals surface area contributed by atoms with Gasteiger partial charge in [-0.1, -0.05) is 51.3 Å². The number of esters is 2. The zero-order valence-electron chi connectivity index (χ0n) is 18.0. The lowest BCUT2D eigenvalue weighted by Gasteiger charge is -2.22. The summed E-state index contributed by atoms with van der Waals surface area (Å²) in [5.41, 5.74) is 4.25. The maximum atomic E-state index is 12.9. The van der Waals surface area contributed by atoms with Crippen molar-refractivity contribution in [2.24, 2.45) is 11.3 Å². The lowest BCUT2D eigenvalue weighted by atomic mass is 9.90. The first kappa shape index (κ1) is 20.6. The Kier molecular flexibility index (Phi) is 5.69. The number of rotatable bonds is 4. The largest absolute Gasteiger partial charge is 0.450 e. The highest BCUT2D eigenvalue weighted by atomic mass is 16.6. The van der Waals surface area contributed by atoms with Crippen LogP contribution >= 0.6 is 0 Å². The second kappa shape index (κ2) is 7.73. The third-order valence-corrected chi connectivity index (χ3v) is 5.60. The lowest BCUT2D eigenvalue weighted by Crippen LogP contribution is -2.25. The molecule has 0 saturated heterocycles. The second-order valence-electron chi connectivity index (χ2n) is 9.59. The Morgan fingerprint density at radius 1 is 1.11 bits per heavy atom. The molecule has 0 aromatic heterocycles. The Hall–Kier alpha value is -2.10. The molecule has 1 unspecified atom stereocenters. The van der Waals surface area contributed by atoms with Crippen molar-refractivity contribution in [2.45, 2.75) is 79.8 Å². The predicted octanol–water partition coefficient (Wildman–Crippen LogP) is 5.42. The fraction of sp³-hybridized carbons (Fsp3) is 0.583. The van der Waals surface area contributed by atoms with Crippen LogP contribution < -0.4 is 0 Å². The topological polar surface area (TPSA) is 52.6 Å². The van der Waals surface area contributed by atoms with E-state index in [-0.39, 0.29) is 23.3 Å². The molecule has 0 N–H and O–H groups in total. The summed E-state index contributed by atoms with van der Waals surface area (Å²) >= 11 is 0. The molecule has 1 heterocycles. The third-order valence-electron chi connectivity index (χ3n) is 5.60. The molecule has 1 aliphatic carbocycles. The minimum Gasteiger partial charge on any atom is -0.450 e. The van der Waals surface area contributed by atoms with Gasteiger partial charge in [-0.05, 0) is 55.7 Å². The van der Waals surface area contributed by atoms with Gasteiger partial charge in [0.05, 0.1) is 6.42 Å². The minimum absolute atomic E-state index is 0.181. The molecular weight excluding hydrogens is 352 g/mol.